The average molecular weight is 305 g/mol. The van der Waals surface area contributed by atoms with Gasteiger partial charge in [0.15, 0.2) is 5.11 Å². The molecule has 0 atom stereocenters. The molecule has 0 saturated carbocycles. The quantitative estimate of drug-likeness (QED) is 0.648. The van der Waals surface area contributed by atoms with Crippen molar-refractivity contribution in [3.8, 4) is 0 Å². The summed E-state index contributed by atoms with van der Waals surface area (Å²) in [5, 5.41) is 7.02. The number of nitrogens with zero attached hydrogens (tertiary/aromatic N) is 1. The monoisotopic (exact) mass is 305 g/mol. The lowest BCUT2D eigenvalue weighted by Gasteiger charge is -2.19. The van der Waals surface area contributed by atoms with Crippen LogP contribution in [0.1, 0.15) is 38.2 Å². The number of nitrogens with one attached hydrogen (secondary N) is 2. The molecule has 1 heterocycles. The van der Waals surface area contributed by atoms with Crippen molar-refractivity contribution < 1.29 is 4.79 Å². The minimum absolute atomic E-state index is 0.218. The lowest BCUT2D eigenvalue weighted by molar-refractivity contribution is -0.117. The smallest absolute Gasteiger partial charge is 0.227 e. The Hall–Kier alpha value is -1.62. The summed E-state index contributed by atoms with van der Waals surface area (Å²) in [5.41, 5.74) is 3.05. The van der Waals surface area contributed by atoms with Crippen LogP contribution in [0.15, 0.2) is 18.2 Å². The second-order valence-corrected chi connectivity index (χ2v) is 5.79. The van der Waals surface area contributed by atoms with E-state index in [9.17, 15) is 4.79 Å². The Labute approximate surface area is 131 Å². The lowest BCUT2D eigenvalue weighted by atomic mass is 10.1. The zero-order chi connectivity index (χ0) is 15.2. The molecule has 0 aliphatic carbocycles. The Morgan fingerprint density at radius 1 is 1.43 bits per heavy atom. The van der Waals surface area contributed by atoms with Crippen molar-refractivity contribution in [2.24, 2.45) is 0 Å². The second kappa shape index (κ2) is 7.41. The SMILES string of the molecule is CCCCNC(=S)Nc1ccc(N2CCCC2=O)c(C)c1. The van der Waals surface area contributed by atoms with Crippen molar-refractivity contribution in [1.29, 1.82) is 0 Å². The van der Waals surface area contributed by atoms with Gasteiger partial charge in [0.2, 0.25) is 5.91 Å². The molecule has 1 fully saturated rings. The number of benzene rings is 1. The van der Waals surface area contributed by atoms with Crippen LogP contribution < -0.4 is 15.5 Å². The van der Waals surface area contributed by atoms with E-state index in [4.69, 9.17) is 12.2 Å². The zero-order valence-electron chi connectivity index (χ0n) is 12.7. The third-order valence-electron chi connectivity index (χ3n) is 3.63. The van der Waals surface area contributed by atoms with E-state index in [0.29, 0.717) is 11.5 Å². The number of amides is 1. The fourth-order valence-corrected chi connectivity index (χ4v) is 2.71. The fourth-order valence-electron chi connectivity index (χ4n) is 2.49. The van der Waals surface area contributed by atoms with Crippen molar-refractivity contribution in [2.45, 2.75) is 39.5 Å². The maximum absolute atomic E-state index is 11.8. The van der Waals surface area contributed by atoms with Gasteiger partial charge in [0.05, 0.1) is 0 Å². The van der Waals surface area contributed by atoms with Gasteiger partial charge in [-0.3, -0.25) is 4.79 Å². The number of thiocarbonyl (C=S) groups is 1. The maximum Gasteiger partial charge on any atom is 0.227 e. The molecule has 4 nitrogen and oxygen atoms in total. The molecule has 1 aliphatic heterocycles. The summed E-state index contributed by atoms with van der Waals surface area (Å²) in [5.74, 6) is 0.218. The zero-order valence-corrected chi connectivity index (χ0v) is 13.6. The highest BCUT2D eigenvalue weighted by Crippen LogP contribution is 2.27. The molecule has 2 rings (SSSR count). The molecule has 0 radical (unpaired) electrons. The lowest BCUT2D eigenvalue weighted by Crippen LogP contribution is -2.29. The molecular weight excluding hydrogens is 282 g/mol. The van der Waals surface area contributed by atoms with Crippen LogP contribution in [0.5, 0.6) is 0 Å². The van der Waals surface area contributed by atoms with Gasteiger partial charge in [-0.15, -0.1) is 0 Å². The van der Waals surface area contributed by atoms with E-state index < -0.39 is 0 Å². The summed E-state index contributed by atoms with van der Waals surface area (Å²) in [6.07, 6.45) is 3.86. The van der Waals surface area contributed by atoms with E-state index in [0.717, 1.165) is 49.3 Å². The first-order valence-electron chi connectivity index (χ1n) is 7.57. The molecule has 0 unspecified atom stereocenters. The van der Waals surface area contributed by atoms with Gasteiger partial charge in [-0.05, 0) is 55.7 Å². The van der Waals surface area contributed by atoms with E-state index in [1.807, 2.05) is 30.0 Å². The molecule has 1 aromatic rings. The van der Waals surface area contributed by atoms with Crippen LogP contribution in [0.3, 0.4) is 0 Å². The molecule has 0 aromatic heterocycles. The number of hydrogen-bond acceptors (Lipinski definition) is 2. The van der Waals surface area contributed by atoms with Gasteiger partial charge in [-0.25, -0.2) is 0 Å². The Morgan fingerprint density at radius 2 is 2.24 bits per heavy atom. The molecule has 1 aliphatic rings. The van der Waals surface area contributed by atoms with Crippen LogP contribution in [0.4, 0.5) is 11.4 Å². The summed E-state index contributed by atoms with van der Waals surface area (Å²) in [4.78, 5) is 13.7. The Morgan fingerprint density at radius 3 is 2.86 bits per heavy atom. The normalized spacial score (nSPS) is 14.4. The summed E-state index contributed by atoms with van der Waals surface area (Å²) in [7, 11) is 0. The van der Waals surface area contributed by atoms with Crippen LogP contribution in [0.25, 0.3) is 0 Å². The minimum Gasteiger partial charge on any atom is -0.362 e. The number of carbonyl (C=O) groups is 1. The van der Waals surface area contributed by atoms with Gasteiger partial charge < -0.3 is 15.5 Å². The van der Waals surface area contributed by atoms with Crippen LogP contribution in [0, 0.1) is 6.92 Å². The standard InChI is InChI=1S/C16H23N3OS/c1-3-4-9-17-16(21)18-13-7-8-14(12(2)11-13)19-10-5-6-15(19)20/h7-8,11H,3-6,9-10H2,1-2H3,(H2,17,18,21). The van der Waals surface area contributed by atoms with Crippen molar-refractivity contribution in [1.82, 2.24) is 5.32 Å². The highest BCUT2D eigenvalue weighted by Gasteiger charge is 2.22. The highest BCUT2D eigenvalue weighted by atomic mass is 32.1. The third-order valence-corrected chi connectivity index (χ3v) is 3.88. The second-order valence-electron chi connectivity index (χ2n) is 5.38. The van der Waals surface area contributed by atoms with E-state index in [1.165, 1.54) is 0 Å². The van der Waals surface area contributed by atoms with Gasteiger partial charge >= 0.3 is 0 Å². The minimum atomic E-state index is 0.218. The van der Waals surface area contributed by atoms with Crippen molar-refractivity contribution in [3.05, 3.63) is 23.8 Å². The Bertz CT molecular complexity index is 530. The van der Waals surface area contributed by atoms with Crippen LogP contribution in [-0.4, -0.2) is 24.1 Å². The molecular formula is C16H23N3OS. The molecule has 2 N–H and O–H groups in total. The fraction of sp³-hybridized carbons (Fsp3) is 0.500. The molecule has 1 saturated heterocycles. The molecule has 0 spiro atoms. The van der Waals surface area contributed by atoms with Crippen molar-refractivity contribution >= 4 is 34.6 Å². The number of rotatable bonds is 5. The van der Waals surface area contributed by atoms with Gasteiger partial charge in [0.25, 0.3) is 0 Å². The van der Waals surface area contributed by atoms with Gasteiger partial charge in [-0.1, -0.05) is 13.3 Å². The molecule has 21 heavy (non-hydrogen) atoms. The highest BCUT2D eigenvalue weighted by molar-refractivity contribution is 7.80. The molecule has 5 heteroatoms. The van der Waals surface area contributed by atoms with Crippen LogP contribution in [0.2, 0.25) is 0 Å². The van der Waals surface area contributed by atoms with Crippen LogP contribution >= 0.6 is 12.2 Å². The van der Waals surface area contributed by atoms with E-state index >= 15 is 0 Å². The van der Waals surface area contributed by atoms with E-state index in [1.54, 1.807) is 0 Å². The van der Waals surface area contributed by atoms with E-state index in [-0.39, 0.29) is 5.91 Å². The molecule has 1 amide bonds. The van der Waals surface area contributed by atoms with E-state index in [2.05, 4.69) is 17.6 Å². The predicted octanol–water partition coefficient (Wildman–Crippen LogP) is 3.21. The number of anilines is 2. The summed E-state index contributed by atoms with van der Waals surface area (Å²) < 4.78 is 0. The topological polar surface area (TPSA) is 44.4 Å². The molecule has 0 bridgehead atoms. The van der Waals surface area contributed by atoms with Crippen molar-refractivity contribution in [2.75, 3.05) is 23.3 Å². The van der Waals surface area contributed by atoms with Crippen LogP contribution in [-0.2, 0) is 4.79 Å². The Balaban J connectivity index is 1.98. The van der Waals surface area contributed by atoms with Gasteiger partial charge in [0.1, 0.15) is 0 Å². The first-order valence-corrected chi connectivity index (χ1v) is 7.98. The van der Waals surface area contributed by atoms with Gasteiger partial charge in [-0.2, -0.15) is 0 Å². The number of hydrogen-bond donors (Lipinski definition) is 2. The maximum atomic E-state index is 11.8. The average Bonchev–Trinajstić information content (AvgIpc) is 2.85. The summed E-state index contributed by atoms with van der Waals surface area (Å²) >= 11 is 5.26. The number of unbranched alkanes of at least 4 members (excludes halogenated alkanes) is 1. The van der Waals surface area contributed by atoms with Gasteiger partial charge in [0, 0.05) is 30.9 Å². The Kier molecular flexibility index (Phi) is 5.56. The molecule has 1 aromatic carbocycles. The summed E-state index contributed by atoms with van der Waals surface area (Å²) in [6, 6.07) is 6.01. The first kappa shape index (κ1) is 15.8. The first-order chi connectivity index (χ1) is 10.1. The predicted molar refractivity (Wildman–Crippen MR) is 91.9 cm³/mol. The number of aryl methyl sites for hydroxylation is 1. The number of carbonyl (C=O) groups excluding carboxylic acids is 1. The third kappa shape index (κ3) is 4.17. The largest absolute Gasteiger partial charge is 0.362 e. The molecule has 114 valence electrons. The van der Waals surface area contributed by atoms with Crippen molar-refractivity contribution in [3.63, 3.8) is 0 Å². The summed E-state index contributed by atoms with van der Waals surface area (Å²) in [6.45, 7) is 5.89.